The summed E-state index contributed by atoms with van der Waals surface area (Å²) < 4.78 is 4.84. The van der Waals surface area contributed by atoms with Gasteiger partial charge in [-0.25, -0.2) is 0 Å². The predicted octanol–water partition coefficient (Wildman–Crippen LogP) is -2.24. The zero-order valence-electron chi connectivity index (χ0n) is 8.31. The topological polar surface area (TPSA) is 79.0 Å². The molecular formula is C9H4ClLiN2O3. The fourth-order valence-corrected chi connectivity index (χ4v) is 1.14. The molecule has 5 nitrogen and oxygen atoms in total. The molecule has 2 aromatic rings. The van der Waals surface area contributed by atoms with Crippen molar-refractivity contribution in [3.63, 3.8) is 0 Å². The summed E-state index contributed by atoms with van der Waals surface area (Å²) in [4.78, 5) is 10.4. The first-order valence-corrected chi connectivity index (χ1v) is 4.35. The summed E-state index contributed by atoms with van der Waals surface area (Å²) >= 11 is 5.68. The van der Waals surface area contributed by atoms with Crippen LogP contribution in [0.25, 0.3) is 11.5 Å². The molecule has 0 aliphatic rings. The van der Waals surface area contributed by atoms with E-state index in [1.54, 1.807) is 24.3 Å². The SMILES string of the molecule is O=C([O-])c1nnc(-c2ccc(Cl)cc2)o1.[Li+]. The van der Waals surface area contributed by atoms with Crippen molar-refractivity contribution in [2.24, 2.45) is 0 Å². The molecule has 0 fully saturated rings. The smallest absolute Gasteiger partial charge is 0.540 e. The summed E-state index contributed by atoms with van der Waals surface area (Å²) in [7, 11) is 0. The Labute approximate surface area is 108 Å². The molecular weight excluding hydrogens is 227 g/mol. The van der Waals surface area contributed by atoms with Gasteiger partial charge in [-0.2, -0.15) is 0 Å². The molecule has 76 valence electrons. The van der Waals surface area contributed by atoms with Gasteiger partial charge in [-0.05, 0) is 24.3 Å². The van der Waals surface area contributed by atoms with Gasteiger partial charge in [0.05, 0.1) is 0 Å². The second-order valence-electron chi connectivity index (χ2n) is 2.71. The number of aromatic nitrogens is 2. The molecule has 0 radical (unpaired) electrons. The van der Waals surface area contributed by atoms with Crippen LogP contribution in [0.5, 0.6) is 0 Å². The summed E-state index contributed by atoms with van der Waals surface area (Å²) in [5.41, 5.74) is 0.597. The van der Waals surface area contributed by atoms with Crippen LogP contribution in [-0.4, -0.2) is 16.2 Å². The average molecular weight is 231 g/mol. The van der Waals surface area contributed by atoms with Crippen LogP contribution < -0.4 is 24.0 Å². The van der Waals surface area contributed by atoms with Crippen molar-refractivity contribution in [3.05, 3.63) is 35.2 Å². The Morgan fingerprint density at radius 1 is 1.25 bits per heavy atom. The number of carboxylic acids is 1. The average Bonchev–Trinajstić information content (AvgIpc) is 2.68. The van der Waals surface area contributed by atoms with Gasteiger partial charge in [0.15, 0.2) is 0 Å². The quantitative estimate of drug-likeness (QED) is 0.545. The van der Waals surface area contributed by atoms with Crippen LogP contribution in [0.3, 0.4) is 0 Å². The van der Waals surface area contributed by atoms with Gasteiger partial charge in [-0.15, -0.1) is 10.2 Å². The van der Waals surface area contributed by atoms with E-state index >= 15 is 0 Å². The molecule has 2 rings (SSSR count). The Bertz CT molecular complexity index is 498. The molecule has 0 atom stereocenters. The fourth-order valence-electron chi connectivity index (χ4n) is 1.01. The first kappa shape index (κ1) is 12.8. The van der Waals surface area contributed by atoms with E-state index in [0.717, 1.165) is 0 Å². The third kappa shape index (κ3) is 2.64. The van der Waals surface area contributed by atoms with Gasteiger partial charge in [0, 0.05) is 10.6 Å². The number of carbonyl (C=O) groups excluding carboxylic acids is 1. The van der Waals surface area contributed by atoms with E-state index < -0.39 is 11.9 Å². The van der Waals surface area contributed by atoms with Crippen LogP contribution in [0, 0.1) is 0 Å². The molecule has 1 heterocycles. The second kappa shape index (κ2) is 5.17. The molecule has 1 aromatic carbocycles. The van der Waals surface area contributed by atoms with Gasteiger partial charge in [0.2, 0.25) is 5.89 Å². The standard InChI is InChI=1S/C9H5ClN2O3.Li/c10-6-3-1-5(2-4-6)7-11-12-8(15-7)9(13)14;/h1-4H,(H,13,14);/q;+1/p-1. The van der Waals surface area contributed by atoms with Crippen LogP contribution in [0.15, 0.2) is 28.7 Å². The van der Waals surface area contributed by atoms with E-state index in [1.165, 1.54) is 0 Å². The first-order valence-electron chi connectivity index (χ1n) is 3.97. The van der Waals surface area contributed by atoms with E-state index in [0.29, 0.717) is 10.6 Å². The van der Waals surface area contributed by atoms with Crippen molar-refractivity contribution in [2.45, 2.75) is 0 Å². The molecule has 0 saturated heterocycles. The van der Waals surface area contributed by atoms with Crippen molar-refractivity contribution in [1.82, 2.24) is 10.2 Å². The van der Waals surface area contributed by atoms with Crippen LogP contribution in [0.4, 0.5) is 0 Å². The molecule has 7 heteroatoms. The van der Waals surface area contributed by atoms with E-state index in [1.807, 2.05) is 0 Å². The maximum atomic E-state index is 10.4. The third-order valence-electron chi connectivity index (χ3n) is 1.69. The Hall–Kier alpha value is -1.28. The van der Waals surface area contributed by atoms with Gasteiger partial charge in [0.1, 0.15) is 5.97 Å². The van der Waals surface area contributed by atoms with Crippen molar-refractivity contribution in [1.29, 1.82) is 0 Å². The predicted molar refractivity (Wildman–Crippen MR) is 49.1 cm³/mol. The zero-order valence-corrected chi connectivity index (χ0v) is 9.06. The number of aromatic carboxylic acids is 1. The monoisotopic (exact) mass is 230 g/mol. The summed E-state index contributed by atoms with van der Waals surface area (Å²) in [6.07, 6.45) is 0. The number of hydrogen-bond donors (Lipinski definition) is 0. The Balaban J connectivity index is 0.00000128. The maximum absolute atomic E-state index is 10.4. The molecule has 16 heavy (non-hydrogen) atoms. The molecule has 0 aliphatic heterocycles. The molecule has 0 aliphatic carbocycles. The Morgan fingerprint density at radius 2 is 1.88 bits per heavy atom. The molecule has 0 spiro atoms. The van der Waals surface area contributed by atoms with Crippen LogP contribution in [-0.2, 0) is 0 Å². The Morgan fingerprint density at radius 3 is 2.38 bits per heavy atom. The summed E-state index contributed by atoms with van der Waals surface area (Å²) in [5, 5.41) is 17.8. The maximum Gasteiger partial charge on any atom is 1.00 e. The molecule has 1 aromatic heterocycles. The normalized spacial score (nSPS) is 9.56. The van der Waals surface area contributed by atoms with Crippen LogP contribution >= 0.6 is 11.6 Å². The van der Waals surface area contributed by atoms with Gasteiger partial charge in [-0.3, -0.25) is 0 Å². The van der Waals surface area contributed by atoms with Gasteiger partial charge in [-0.1, -0.05) is 11.6 Å². The molecule has 0 unspecified atom stereocenters. The molecule has 0 N–H and O–H groups in total. The van der Waals surface area contributed by atoms with Gasteiger partial charge in [0.25, 0.3) is 5.89 Å². The largest absolute Gasteiger partial charge is 1.00 e. The first-order chi connectivity index (χ1) is 7.16. The number of carboxylic acid groups (broad SMARTS) is 1. The number of carbonyl (C=O) groups is 1. The number of benzene rings is 1. The van der Waals surface area contributed by atoms with E-state index in [9.17, 15) is 9.90 Å². The summed E-state index contributed by atoms with van der Waals surface area (Å²) in [6, 6.07) is 6.57. The minimum absolute atomic E-state index is 0. The van der Waals surface area contributed by atoms with Crippen molar-refractivity contribution >= 4 is 17.6 Å². The molecule has 0 amide bonds. The van der Waals surface area contributed by atoms with Crippen molar-refractivity contribution in [3.8, 4) is 11.5 Å². The summed E-state index contributed by atoms with van der Waals surface area (Å²) in [5.74, 6) is -1.92. The summed E-state index contributed by atoms with van der Waals surface area (Å²) in [6.45, 7) is 0. The second-order valence-corrected chi connectivity index (χ2v) is 3.14. The van der Waals surface area contributed by atoms with Crippen LogP contribution in [0.1, 0.15) is 10.7 Å². The van der Waals surface area contributed by atoms with E-state index in [-0.39, 0.29) is 24.8 Å². The minimum atomic E-state index is -1.50. The number of nitrogens with zero attached hydrogens (tertiary/aromatic N) is 2. The van der Waals surface area contributed by atoms with Gasteiger partial charge < -0.3 is 14.3 Å². The third-order valence-corrected chi connectivity index (χ3v) is 1.94. The molecule has 0 saturated carbocycles. The van der Waals surface area contributed by atoms with Crippen molar-refractivity contribution in [2.75, 3.05) is 0 Å². The van der Waals surface area contributed by atoms with E-state index in [2.05, 4.69) is 10.2 Å². The van der Waals surface area contributed by atoms with E-state index in [4.69, 9.17) is 16.0 Å². The van der Waals surface area contributed by atoms with Crippen LogP contribution in [0.2, 0.25) is 5.02 Å². The fraction of sp³-hybridized carbons (Fsp3) is 0. The van der Waals surface area contributed by atoms with Gasteiger partial charge >= 0.3 is 18.9 Å². The number of halogens is 1. The zero-order chi connectivity index (χ0) is 10.8. The molecule has 0 bridgehead atoms. The number of hydrogen-bond acceptors (Lipinski definition) is 5. The Kier molecular flexibility index (Phi) is 4.13. The number of rotatable bonds is 2. The minimum Gasteiger partial charge on any atom is -0.540 e. The van der Waals surface area contributed by atoms with Crippen molar-refractivity contribution < 1.29 is 33.2 Å².